The highest BCUT2D eigenvalue weighted by atomic mass is 28.4. The van der Waals surface area contributed by atoms with Crippen LogP contribution in [-0.2, 0) is 0 Å². The number of hydrogen-bond donors (Lipinski definition) is 0. The van der Waals surface area contributed by atoms with E-state index in [9.17, 15) is 0 Å². The molecular weight excluding hydrogens is 228 g/mol. The summed E-state index contributed by atoms with van der Waals surface area (Å²) in [5.41, 5.74) is 1.27. The molecular formula is C13H22OSi2. The lowest BCUT2D eigenvalue weighted by Crippen LogP contribution is -2.31. The molecule has 0 heterocycles. The molecule has 0 radical (unpaired) electrons. The summed E-state index contributed by atoms with van der Waals surface area (Å²) in [7, 11) is -2.31. The second-order valence-electron chi connectivity index (χ2n) is 5.36. The maximum Gasteiger partial charge on any atom is 0.242 e. The van der Waals surface area contributed by atoms with E-state index >= 15 is 0 Å². The van der Waals surface area contributed by atoms with E-state index < -0.39 is 17.1 Å². The zero-order valence-corrected chi connectivity index (χ0v) is 13.2. The van der Waals surface area contributed by atoms with Crippen molar-refractivity contribution in [3.05, 3.63) is 30.3 Å². The maximum atomic E-state index is 6.02. The van der Waals surface area contributed by atoms with E-state index in [1.165, 1.54) is 10.8 Å². The summed E-state index contributed by atoms with van der Waals surface area (Å²) in [5.74, 6) is 1.03. The predicted octanol–water partition coefficient (Wildman–Crippen LogP) is 3.24. The first-order valence-electron chi connectivity index (χ1n) is 5.79. The first kappa shape index (κ1) is 13.3. The Morgan fingerprint density at radius 1 is 1.25 bits per heavy atom. The fraction of sp³-hybridized carbons (Fsp3) is 0.385. The molecule has 0 aliphatic carbocycles. The van der Waals surface area contributed by atoms with Crippen LogP contribution in [0.3, 0.4) is 0 Å². The lowest BCUT2D eigenvalue weighted by Gasteiger charge is -2.21. The van der Waals surface area contributed by atoms with Gasteiger partial charge in [0.15, 0.2) is 0 Å². The molecule has 1 aromatic carbocycles. The van der Waals surface area contributed by atoms with Crippen molar-refractivity contribution in [1.29, 1.82) is 0 Å². The molecule has 0 N–H and O–H groups in total. The van der Waals surface area contributed by atoms with E-state index in [2.05, 4.69) is 57.5 Å². The van der Waals surface area contributed by atoms with Gasteiger partial charge in [0.1, 0.15) is 5.75 Å². The van der Waals surface area contributed by atoms with Gasteiger partial charge in [-0.2, -0.15) is 0 Å². The van der Waals surface area contributed by atoms with Crippen LogP contribution in [0.25, 0.3) is 6.08 Å². The minimum atomic E-state index is -1.49. The van der Waals surface area contributed by atoms with Gasteiger partial charge in [-0.05, 0) is 37.3 Å². The van der Waals surface area contributed by atoms with Crippen molar-refractivity contribution < 1.29 is 4.43 Å². The average molecular weight is 250 g/mol. The van der Waals surface area contributed by atoms with Crippen molar-refractivity contribution in [3.63, 3.8) is 0 Å². The van der Waals surface area contributed by atoms with Crippen molar-refractivity contribution in [2.45, 2.75) is 32.7 Å². The second-order valence-corrected chi connectivity index (χ2v) is 12.7. The molecule has 0 atom stereocenters. The Morgan fingerprint density at radius 2 is 1.88 bits per heavy atom. The van der Waals surface area contributed by atoms with Gasteiger partial charge in [-0.1, -0.05) is 37.0 Å². The lowest BCUT2D eigenvalue weighted by atomic mass is 10.2. The van der Waals surface area contributed by atoms with Gasteiger partial charge in [0, 0.05) is 0 Å². The van der Waals surface area contributed by atoms with Crippen molar-refractivity contribution in [3.8, 4) is 5.75 Å². The highest BCUT2D eigenvalue weighted by molar-refractivity contribution is 6.72. The van der Waals surface area contributed by atoms with Gasteiger partial charge in [-0.3, -0.25) is 0 Å². The average Bonchev–Trinajstić information content (AvgIpc) is 2.15. The molecule has 0 fully saturated rings. The van der Waals surface area contributed by atoms with Crippen molar-refractivity contribution in [2.24, 2.45) is 0 Å². The third-order valence-electron chi connectivity index (χ3n) is 2.32. The molecule has 0 unspecified atom stereocenters. The van der Waals surface area contributed by atoms with E-state index in [0.29, 0.717) is 0 Å². The van der Waals surface area contributed by atoms with E-state index in [-0.39, 0.29) is 0 Å². The summed E-state index contributed by atoms with van der Waals surface area (Å²) >= 11 is 0. The predicted molar refractivity (Wildman–Crippen MR) is 79.0 cm³/mol. The zero-order chi connectivity index (χ0) is 12.3. The molecule has 0 bridgehead atoms. The summed E-state index contributed by atoms with van der Waals surface area (Å²) in [6, 6.07) is 6.41. The van der Waals surface area contributed by atoms with E-state index in [1.54, 1.807) is 0 Å². The molecule has 0 aromatic heterocycles. The summed E-state index contributed by atoms with van der Waals surface area (Å²) in [4.78, 5) is 0. The number of benzene rings is 1. The minimum absolute atomic E-state index is 0.818. The van der Waals surface area contributed by atoms with Gasteiger partial charge < -0.3 is 4.43 Å². The molecule has 0 aliphatic rings. The van der Waals surface area contributed by atoms with Gasteiger partial charge in [-0.15, -0.1) is 0 Å². The minimum Gasteiger partial charge on any atom is -0.544 e. The van der Waals surface area contributed by atoms with Crippen molar-refractivity contribution in [2.75, 3.05) is 0 Å². The fourth-order valence-electron chi connectivity index (χ4n) is 1.66. The van der Waals surface area contributed by atoms with Crippen molar-refractivity contribution >= 4 is 28.4 Å². The molecule has 0 aliphatic heterocycles. The van der Waals surface area contributed by atoms with Crippen LogP contribution < -0.4 is 9.61 Å². The largest absolute Gasteiger partial charge is 0.544 e. The molecule has 1 rings (SSSR count). The van der Waals surface area contributed by atoms with Gasteiger partial charge in [0.05, 0.1) is 8.80 Å². The Bertz CT molecular complexity index is 378. The highest BCUT2D eigenvalue weighted by Crippen LogP contribution is 2.16. The van der Waals surface area contributed by atoms with E-state index in [4.69, 9.17) is 4.43 Å². The van der Waals surface area contributed by atoms with Gasteiger partial charge in [-0.25, -0.2) is 0 Å². The van der Waals surface area contributed by atoms with Crippen LogP contribution in [0, 0.1) is 0 Å². The van der Waals surface area contributed by atoms with Crippen LogP contribution in [0.2, 0.25) is 32.7 Å². The Morgan fingerprint density at radius 3 is 2.31 bits per heavy atom. The summed E-state index contributed by atoms with van der Waals surface area (Å²) < 4.78 is 6.02. The molecule has 0 spiro atoms. The SMILES string of the molecule is C=Cc1ccc(O[Si](C)(C)C)cc1[SiH](C)C. The van der Waals surface area contributed by atoms with Crippen LogP contribution >= 0.6 is 0 Å². The van der Waals surface area contributed by atoms with E-state index in [1.807, 2.05) is 6.08 Å². The number of rotatable bonds is 4. The monoisotopic (exact) mass is 250 g/mol. The van der Waals surface area contributed by atoms with Crippen LogP contribution in [0.4, 0.5) is 0 Å². The Labute approximate surface area is 102 Å². The van der Waals surface area contributed by atoms with E-state index in [0.717, 1.165) is 5.75 Å². The topological polar surface area (TPSA) is 9.23 Å². The normalized spacial score (nSPS) is 11.6. The molecule has 1 aromatic rings. The van der Waals surface area contributed by atoms with Crippen LogP contribution in [0.15, 0.2) is 24.8 Å². The maximum absolute atomic E-state index is 6.02. The molecule has 0 amide bonds. The van der Waals surface area contributed by atoms with Gasteiger partial charge in [0.2, 0.25) is 8.32 Å². The van der Waals surface area contributed by atoms with Gasteiger partial charge >= 0.3 is 0 Å². The summed E-state index contributed by atoms with van der Waals surface area (Å²) in [5, 5.41) is 1.45. The van der Waals surface area contributed by atoms with Crippen LogP contribution in [0.5, 0.6) is 5.75 Å². The van der Waals surface area contributed by atoms with Crippen LogP contribution in [0.1, 0.15) is 5.56 Å². The molecule has 0 saturated carbocycles. The molecule has 16 heavy (non-hydrogen) atoms. The summed E-state index contributed by atoms with van der Waals surface area (Å²) in [6.07, 6.45) is 1.95. The standard InChI is InChI=1S/C13H22OSi2/c1-7-11-8-9-12(14-16(4,5)6)10-13(11)15(2)3/h7-10,15H,1H2,2-6H3. The van der Waals surface area contributed by atoms with Crippen LogP contribution in [-0.4, -0.2) is 17.1 Å². The third kappa shape index (κ3) is 3.65. The first-order chi connectivity index (χ1) is 7.33. The number of hydrogen-bond acceptors (Lipinski definition) is 1. The first-order valence-corrected chi connectivity index (χ1v) is 12.1. The quantitative estimate of drug-likeness (QED) is 0.746. The third-order valence-corrected chi connectivity index (χ3v) is 4.92. The highest BCUT2D eigenvalue weighted by Gasteiger charge is 2.17. The summed E-state index contributed by atoms with van der Waals surface area (Å²) in [6.45, 7) is 15.2. The smallest absolute Gasteiger partial charge is 0.242 e. The Kier molecular flexibility index (Phi) is 4.16. The van der Waals surface area contributed by atoms with Crippen molar-refractivity contribution in [1.82, 2.24) is 0 Å². The fourth-order valence-corrected chi connectivity index (χ4v) is 3.87. The molecule has 0 saturated heterocycles. The molecule has 3 heteroatoms. The Balaban J connectivity index is 3.07. The molecule has 1 nitrogen and oxygen atoms in total. The zero-order valence-electron chi connectivity index (χ0n) is 11.0. The van der Waals surface area contributed by atoms with Gasteiger partial charge in [0.25, 0.3) is 0 Å². The Hall–Kier alpha value is -0.806. The molecule has 88 valence electrons. The second kappa shape index (κ2) is 5.02. The lowest BCUT2D eigenvalue weighted by molar-refractivity contribution is 0.558.